The average Bonchev–Trinajstić information content (AvgIpc) is 1.78. The Bertz CT molecular complexity index is 228. The number of rotatable bonds is 3. The van der Waals surface area contributed by atoms with Crippen molar-refractivity contribution in [1.29, 1.82) is 0 Å². The molecular weight excluding hydrogens is 182 g/mol. The molecule has 0 rings (SSSR count). The van der Waals surface area contributed by atoms with Crippen LogP contribution in [-0.2, 0) is 4.79 Å². The fourth-order valence-corrected chi connectivity index (χ4v) is 1.75. The summed E-state index contributed by atoms with van der Waals surface area (Å²) >= 11 is 0. The number of amides is 1. The summed E-state index contributed by atoms with van der Waals surface area (Å²) < 4.78 is 0. The van der Waals surface area contributed by atoms with Gasteiger partial charge >= 0.3 is 6.09 Å². The summed E-state index contributed by atoms with van der Waals surface area (Å²) in [6.45, 7) is 8.94. The van der Waals surface area contributed by atoms with E-state index in [4.69, 9.17) is 5.11 Å². The molecule has 0 spiro atoms. The monoisotopic (exact) mass is 201 g/mol. The van der Waals surface area contributed by atoms with Crippen molar-refractivity contribution in [3.05, 3.63) is 0 Å². The van der Waals surface area contributed by atoms with Crippen LogP contribution in [0.5, 0.6) is 0 Å². The molecule has 0 atom stereocenters. The lowest BCUT2D eigenvalue weighted by Crippen LogP contribution is -2.56. The molecule has 0 aliphatic heterocycles. The minimum Gasteiger partial charge on any atom is -0.465 e. The Morgan fingerprint density at radius 3 is 1.93 bits per heavy atom. The molecule has 0 fully saturated rings. The number of aldehydes is 1. The van der Waals surface area contributed by atoms with Crippen LogP contribution in [0.1, 0.15) is 41.0 Å². The zero-order chi connectivity index (χ0) is 11.6. The van der Waals surface area contributed by atoms with Crippen LogP contribution in [-0.4, -0.2) is 33.5 Å². The third-order valence-electron chi connectivity index (χ3n) is 2.05. The molecule has 0 bridgehead atoms. The molecule has 0 radical (unpaired) electrons. The average molecular weight is 201 g/mol. The quantitative estimate of drug-likeness (QED) is 0.711. The van der Waals surface area contributed by atoms with Gasteiger partial charge in [0.15, 0.2) is 0 Å². The Balaban J connectivity index is 5.01. The van der Waals surface area contributed by atoms with Crippen LogP contribution in [0.25, 0.3) is 0 Å². The van der Waals surface area contributed by atoms with E-state index < -0.39 is 17.2 Å². The number of hydrogen-bond acceptors (Lipinski definition) is 2. The maximum Gasteiger partial charge on any atom is 0.408 e. The first kappa shape index (κ1) is 12.9. The van der Waals surface area contributed by atoms with E-state index in [2.05, 4.69) is 0 Å². The molecule has 0 aromatic rings. The second-order valence-corrected chi connectivity index (χ2v) is 4.97. The number of carbonyl (C=O) groups is 2. The minimum atomic E-state index is -0.996. The first-order valence-corrected chi connectivity index (χ1v) is 4.60. The SMILES string of the molecule is CC(C)(C)N(C(=O)O)C(C)(C)CC=O. The highest BCUT2D eigenvalue weighted by Gasteiger charge is 2.38. The zero-order valence-electron chi connectivity index (χ0n) is 9.50. The molecule has 0 aliphatic rings. The molecule has 0 saturated heterocycles. The van der Waals surface area contributed by atoms with Gasteiger partial charge in [-0.1, -0.05) is 0 Å². The Morgan fingerprint density at radius 1 is 1.29 bits per heavy atom. The van der Waals surface area contributed by atoms with Gasteiger partial charge in [0.05, 0.1) is 0 Å². The van der Waals surface area contributed by atoms with Crippen LogP contribution in [0, 0.1) is 0 Å². The van der Waals surface area contributed by atoms with E-state index in [0.29, 0.717) is 0 Å². The van der Waals surface area contributed by atoms with Crippen molar-refractivity contribution in [2.24, 2.45) is 0 Å². The lowest BCUT2D eigenvalue weighted by Gasteiger charge is -2.44. The maximum absolute atomic E-state index is 11.1. The molecule has 0 aromatic heterocycles. The van der Waals surface area contributed by atoms with Gasteiger partial charge in [-0.15, -0.1) is 0 Å². The van der Waals surface area contributed by atoms with Crippen LogP contribution < -0.4 is 0 Å². The predicted octanol–water partition coefficient (Wildman–Crippen LogP) is 2.13. The van der Waals surface area contributed by atoms with E-state index in [1.54, 1.807) is 13.8 Å². The summed E-state index contributed by atoms with van der Waals surface area (Å²) in [6, 6.07) is 0. The largest absolute Gasteiger partial charge is 0.465 e. The van der Waals surface area contributed by atoms with Crippen LogP contribution in [0.3, 0.4) is 0 Å². The number of carbonyl (C=O) groups excluding carboxylic acids is 1. The number of hydrogen-bond donors (Lipinski definition) is 1. The summed E-state index contributed by atoms with van der Waals surface area (Å²) in [5, 5.41) is 9.08. The Labute approximate surface area is 84.9 Å². The van der Waals surface area contributed by atoms with Crippen molar-refractivity contribution in [1.82, 2.24) is 4.90 Å². The van der Waals surface area contributed by atoms with Crippen LogP contribution in [0.4, 0.5) is 4.79 Å². The molecule has 14 heavy (non-hydrogen) atoms. The Kier molecular flexibility index (Phi) is 3.68. The zero-order valence-corrected chi connectivity index (χ0v) is 9.50. The molecule has 0 saturated carbocycles. The highest BCUT2D eigenvalue weighted by Crippen LogP contribution is 2.27. The van der Waals surface area contributed by atoms with Gasteiger partial charge in [-0.3, -0.25) is 4.90 Å². The highest BCUT2D eigenvalue weighted by molar-refractivity contribution is 5.68. The fourth-order valence-electron chi connectivity index (χ4n) is 1.75. The van der Waals surface area contributed by atoms with Crippen LogP contribution >= 0.6 is 0 Å². The van der Waals surface area contributed by atoms with E-state index >= 15 is 0 Å². The van der Waals surface area contributed by atoms with Crippen molar-refractivity contribution in [2.75, 3.05) is 0 Å². The molecule has 0 heterocycles. The molecule has 0 unspecified atom stereocenters. The lowest BCUT2D eigenvalue weighted by molar-refractivity contribution is -0.110. The number of carboxylic acid groups (broad SMARTS) is 1. The highest BCUT2D eigenvalue weighted by atomic mass is 16.4. The van der Waals surface area contributed by atoms with E-state index in [0.717, 1.165) is 6.29 Å². The van der Waals surface area contributed by atoms with Gasteiger partial charge in [-0.2, -0.15) is 0 Å². The molecule has 4 nitrogen and oxygen atoms in total. The summed E-state index contributed by atoms with van der Waals surface area (Å²) in [6.07, 6.45) is -0.0394. The molecular formula is C10H19NO3. The lowest BCUT2D eigenvalue weighted by atomic mass is 9.93. The van der Waals surface area contributed by atoms with Crippen molar-refractivity contribution in [3.63, 3.8) is 0 Å². The minimum absolute atomic E-state index is 0.205. The Morgan fingerprint density at radius 2 is 1.71 bits per heavy atom. The van der Waals surface area contributed by atoms with Crippen molar-refractivity contribution >= 4 is 12.4 Å². The van der Waals surface area contributed by atoms with Crippen molar-refractivity contribution in [2.45, 2.75) is 52.1 Å². The van der Waals surface area contributed by atoms with E-state index in [-0.39, 0.29) is 6.42 Å². The van der Waals surface area contributed by atoms with Gasteiger partial charge in [0.1, 0.15) is 6.29 Å². The summed E-state index contributed by atoms with van der Waals surface area (Å²) in [5.41, 5.74) is -1.16. The maximum atomic E-state index is 11.1. The smallest absolute Gasteiger partial charge is 0.408 e. The van der Waals surface area contributed by atoms with Crippen LogP contribution in [0.15, 0.2) is 0 Å². The van der Waals surface area contributed by atoms with Gasteiger partial charge in [-0.05, 0) is 34.6 Å². The standard InChI is InChI=1S/C10H19NO3/c1-9(2,3)11(8(13)14)10(4,5)6-7-12/h7H,6H2,1-5H3,(H,13,14). The topological polar surface area (TPSA) is 57.6 Å². The molecule has 82 valence electrons. The van der Waals surface area contributed by atoms with E-state index in [9.17, 15) is 9.59 Å². The molecule has 0 aliphatic carbocycles. The van der Waals surface area contributed by atoms with Gasteiger partial charge < -0.3 is 9.90 Å². The number of nitrogens with zero attached hydrogens (tertiary/aromatic N) is 1. The van der Waals surface area contributed by atoms with Gasteiger partial charge in [0, 0.05) is 17.5 Å². The second-order valence-electron chi connectivity index (χ2n) is 4.97. The predicted molar refractivity (Wildman–Crippen MR) is 54.4 cm³/mol. The van der Waals surface area contributed by atoms with Gasteiger partial charge in [-0.25, -0.2) is 4.79 Å². The molecule has 1 amide bonds. The fraction of sp³-hybridized carbons (Fsp3) is 0.800. The van der Waals surface area contributed by atoms with Crippen molar-refractivity contribution in [3.8, 4) is 0 Å². The van der Waals surface area contributed by atoms with Crippen molar-refractivity contribution < 1.29 is 14.7 Å². The summed E-state index contributed by atoms with van der Waals surface area (Å²) in [4.78, 5) is 22.8. The third-order valence-corrected chi connectivity index (χ3v) is 2.05. The molecule has 1 N–H and O–H groups in total. The Hall–Kier alpha value is -1.06. The summed E-state index contributed by atoms with van der Waals surface area (Å²) in [7, 11) is 0. The van der Waals surface area contributed by atoms with E-state index in [1.165, 1.54) is 4.90 Å². The molecule has 0 aromatic carbocycles. The second kappa shape index (κ2) is 3.98. The summed E-state index contributed by atoms with van der Waals surface area (Å²) in [5.74, 6) is 0. The first-order chi connectivity index (χ1) is 6.13. The van der Waals surface area contributed by atoms with Gasteiger partial charge in [0.2, 0.25) is 0 Å². The van der Waals surface area contributed by atoms with Crippen LogP contribution in [0.2, 0.25) is 0 Å². The normalized spacial score (nSPS) is 12.4. The van der Waals surface area contributed by atoms with E-state index in [1.807, 2.05) is 20.8 Å². The first-order valence-electron chi connectivity index (χ1n) is 4.60. The molecule has 4 heteroatoms. The third kappa shape index (κ3) is 3.01. The van der Waals surface area contributed by atoms with Gasteiger partial charge in [0.25, 0.3) is 0 Å².